The molecule has 7 nitrogen and oxygen atoms in total. The summed E-state index contributed by atoms with van der Waals surface area (Å²) in [6.07, 6.45) is 4.60. The molecule has 3 aromatic carbocycles. The lowest BCUT2D eigenvalue weighted by atomic mass is 10.1. The average Bonchev–Trinajstić information content (AvgIpc) is 3.42. The lowest BCUT2D eigenvalue weighted by Crippen LogP contribution is -2.55. The highest BCUT2D eigenvalue weighted by Gasteiger charge is 2.28. The summed E-state index contributed by atoms with van der Waals surface area (Å²) in [5.74, 6) is 1.49. The number of nitrogens with zero attached hydrogens (tertiary/aromatic N) is 5. The van der Waals surface area contributed by atoms with Crippen molar-refractivity contribution in [2.75, 3.05) is 25.4 Å². The summed E-state index contributed by atoms with van der Waals surface area (Å²) in [6.45, 7) is 3.62. The van der Waals surface area contributed by atoms with Crippen LogP contribution in [-0.2, 0) is 9.59 Å². The van der Waals surface area contributed by atoms with E-state index in [1.807, 2.05) is 112 Å². The molecule has 1 aromatic heterocycles. The van der Waals surface area contributed by atoms with Crippen molar-refractivity contribution in [2.24, 2.45) is 0 Å². The van der Waals surface area contributed by atoms with Crippen molar-refractivity contribution in [3.63, 3.8) is 0 Å². The van der Waals surface area contributed by atoms with Crippen LogP contribution in [0.2, 0.25) is 5.02 Å². The molecule has 210 valence electrons. The van der Waals surface area contributed by atoms with E-state index in [2.05, 4.69) is 10.2 Å². The molecule has 1 aliphatic rings. The van der Waals surface area contributed by atoms with Gasteiger partial charge in [-0.1, -0.05) is 84.0 Å². The number of carbonyl (C=O) groups is 2. The van der Waals surface area contributed by atoms with Crippen molar-refractivity contribution in [1.82, 2.24) is 24.6 Å². The van der Waals surface area contributed by atoms with E-state index in [4.69, 9.17) is 11.6 Å². The molecule has 9 heteroatoms. The van der Waals surface area contributed by atoms with E-state index in [1.54, 1.807) is 17.8 Å². The van der Waals surface area contributed by atoms with Gasteiger partial charge in [-0.3, -0.25) is 14.2 Å². The maximum absolute atomic E-state index is 13.0. The first-order valence-electron chi connectivity index (χ1n) is 13.7. The van der Waals surface area contributed by atoms with Crippen molar-refractivity contribution < 1.29 is 9.59 Å². The molecule has 0 bridgehead atoms. The minimum atomic E-state index is -0.0392. The van der Waals surface area contributed by atoms with Crippen LogP contribution in [0.5, 0.6) is 0 Å². The number of halogens is 1. The Balaban J connectivity index is 1.15. The van der Waals surface area contributed by atoms with Crippen molar-refractivity contribution in [1.29, 1.82) is 0 Å². The van der Waals surface area contributed by atoms with Gasteiger partial charge in [-0.15, -0.1) is 10.2 Å². The number of benzene rings is 3. The number of aromatic nitrogens is 3. The number of hydrogen-bond acceptors (Lipinski definition) is 5. The van der Waals surface area contributed by atoms with Crippen LogP contribution in [0.15, 0.2) is 96.2 Å². The largest absolute Gasteiger partial charge is 0.339 e. The van der Waals surface area contributed by atoms with Crippen LogP contribution in [0, 0.1) is 0 Å². The minimum Gasteiger partial charge on any atom is -0.339 e. The Morgan fingerprint density at radius 3 is 2.39 bits per heavy atom. The van der Waals surface area contributed by atoms with Gasteiger partial charge in [0.2, 0.25) is 11.8 Å². The average molecular weight is 586 g/mol. The molecule has 41 heavy (non-hydrogen) atoms. The second-order valence-corrected chi connectivity index (χ2v) is 11.3. The molecule has 2 heterocycles. The number of thioether (sulfide) groups is 1. The minimum absolute atomic E-state index is 0.0245. The van der Waals surface area contributed by atoms with E-state index in [0.717, 1.165) is 27.7 Å². The molecular weight excluding hydrogens is 554 g/mol. The molecule has 1 unspecified atom stereocenters. The number of rotatable bonds is 9. The molecule has 1 fully saturated rings. The van der Waals surface area contributed by atoms with Gasteiger partial charge in [0.1, 0.15) is 0 Å². The summed E-state index contributed by atoms with van der Waals surface area (Å²) in [7, 11) is 0. The van der Waals surface area contributed by atoms with E-state index < -0.39 is 0 Å². The van der Waals surface area contributed by atoms with E-state index in [9.17, 15) is 9.59 Å². The zero-order valence-corrected chi connectivity index (χ0v) is 24.5. The molecule has 0 saturated carbocycles. The molecule has 0 aliphatic carbocycles. The Kier molecular flexibility index (Phi) is 9.54. The van der Waals surface area contributed by atoms with Gasteiger partial charge in [0.25, 0.3) is 0 Å². The summed E-state index contributed by atoms with van der Waals surface area (Å²) in [5.41, 5.74) is 2.75. The first kappa shape index (κ1) is 28.6. The van der Waals surface area contributed by atoms with Gasteiger partial charge in [-0.05, 0) is 49.2 Å². The number of hydrogen-bond donors (Lipinski definition) is 0. The second kappa shape index (κ2) is 13.7. The fraction of sp³-hybridized carbons (Fsp3) is 0.250. The van der Waals surface area contributed by atoms with Gasteiger partial charge in [0.05, 0.1) is 5.02 Å². The lowest BCUT2D eigenvalue weighted by Gasteiger charge is -2.39. The Hall–Kier alpha value is -3.88. The van der Waals surface area contributed by atoms with E-state index in [1.165, 1.54) is 0 Å². The van der Waals surface area contributed by atoms with Crippen LogP contribution < -0.4 is 0 Å². The van der Waals surface area contributed by atoms with Crippen LogP contribution in [0.4, 0.5) is 0 Å². The predicted molar refractivity (Wildman–Crippen MR) is 165 cm³/mol. The van der Waals surface area contributed by atoms with Crippen LogP contribution in [-0.4, -0.2) is 67.8 Å². The Labute approximate surface area is 249 Å². The molecule has 5 rings (SSSR count). The van der Waals surface area contributed by atoms with Gasteiger partial charge in [-0.25, -0.2) is 0 Å². The number of carbonyl (C=O) groups excluding carboxylic acids is 2. The number of para-hydroxylation sites is 1. The number of amides is 2. The van der Waals surface area contributed by atoms with Gasteiger partial charge in [-0.2, -0.15) is 0 Å². The zero-order valence-electron chi connectivity index (χ0n) is 22.9. The Morgan fingerprint density at radius 2 is 1.66 bits per heavy atom. The fourth-order valence-electron chi connectivity index (χ4n) is 4.87. The van der Waals surface area contributed by atoms with Crippen molar-refractivity contribution >= 4 is 41.3 Å². The first-order chi connectivity index (χ1) is 20.0. The van der Waals surface area contributed by atoms with Crippen molar-refractivity contribution in [2.45, 2.75) is 31.0 Å². The number of piperazine rings is 1. The monoisotopic (exact) mass is 585 g/mol. The van der Waals surface area contributed by atoms with Gasteiger partial charge >= 0.3 is 0 Å². The third kappa shape index (κ3) is 7.07. The van der Waals surface area contributed by atoms with Crippen molar-refractivity contribution in [3.8, 4) is 17.1 Å². The molecule has 0 radical (unpaired) electrons. The first-order valence-corrected chi connectivity index (χ1v) is 15.1. The highest BCUT2D eigenvalue weighted by atomic mass is 35.5. The zero-order chi connectivity index (χ0) is 28.6. The Morgan fingerprint density at radius 1 is 0.951 bits per heavy atom. The van der Waals surface area contributed by atoms with E-state index in [0.29, 0.717) is 43.3 Å². The topological polar surface area (TPSA) is 71.3 Å². The van der Waals surface area contributed by atoms with Gasteiger partial charge in [0.15, 0.2) is 11.0 Å². The summed E-state index contributed by atoms with van der Waals surface area (Å²) in [5, 5.41) is 10.3. The summed E-state index contributed by atoms with van der Waals surface area (Å²) < 4.78 is 2.01. The lowest BCUT2D eigenvalue weighted by molar-refractivity contribution is -0.139. The quantitative estimate of drug-likeness (QED) is 0.132. The normalized spacial score (nSPS) is 15.4. The maximum Gasteiger partial charge on any atom is 0.246 e. The highest BCUT2D eigenvalue weighted by Crippen LogP contribution is 2.32. The molecule has 1 aliphatic heterocycles. The highest BCUT2D eigenvalue weighted by molar-refractivity contribution is 7.99. The van der Waals surface area contributed by atoms with Crippen molar-refractivity contribution in [3.05, 3.63) is 102 Å². The molecule has 4 aromatic rings. The maximum atomic E-state index is 13.0. The molecular formula is C32H32ClN5O2S. The van der Waals surface area contributed by atoms with Gasteiger partial charge in [0, 0.05) is 55.2 Å². The third-order valence-electron chi connectivity index (χ3n) is 7.01. The standard InChI is InChI=1S/C32H32ClN5O2S/c1-24-23-36(20-21-37(24)30(40)19-18-25-11-4-2-5-12-25)29(39)17-10-22-41-32-35-34-31(27-15-8-9-16-28(27)33)38(32)26-13-6-3-7-14-26/h2-9,11-16,18-19,24H,10,17,20-23H2,1H3/b19-18+. The summed E-state index contributed by atoms with van der Waals surface area (Å²) in [4.78, 5) is 29.5. The van der Waals surface area contributed by atoms with Crippen LogP contribution in [0.1, 0.15) is 25.3 Å². The molecule has 0 spiro atoms. The van der Waals surface area contributed by atoms with Crippen LogP contribution >= 0.6 is 23.4 Å². The van der Waals surface area contributed by atoms with E-state index in [-0.39, 0.29) is 17.9 Å². The SMILES string of the molecule is CC1CN(C(=O)CCCSc2nnc(-c3ccccc3Cl)n2-c2ccccc2)CCN1C(=O)/C=C/c1ccccc1. The summed E-state index contributed by atoms with van der Waals surface area (Å²) in [6, 6.07) is 27.3. The molecule has 0 N–H and O–H groups in total. The van der Waals surface area contributed by atoms with Gasteiger partial charge < -0.3 is 9.80 Å². The summed E-state index contributed by atoms with van der Waals surface area (Å²) >= 11 is 8.06. The molecule has 1 saturated heterocycles. The molecule has 2 amide bonds. The third-order valence-corrected chi connectivity index (χ3v) is 8.35. The van der Waals surface area contributed by atoms with E-state index >= 15 is 0 Å². The van der Waals surface area contributed by atoms with Crippen LogP contribution in [0.3, 0.4) is 0 Å². The fourth-order valence-corrected chi connectivity index (χ4v) is 5.99. The predicted octanol–water partition coefficient (Wildman–Crippen LogP) is 6.23. The Bertz CT molecular complexity index is 1510. The van der Waals surface area contributed by atoms with Crippen LogP contribution in [0.25, 0.3) is 23.2 Å². The molecule has 1 atom stereocenters. The second-order valence-electron chi connectivity index (χ2n) is 9.87. The smallest absolute Gasteiger partial charge is 0.246 e.